The van der Waals surface area contributed by atoms with Crippen molar-refractivity contribution in [3.8, 4) is 11.6 Å². The highest BCUT2D eigenvalue weighted by molar-refractivity contribution is 7.02. The molecule has 4 aliphatic heterocycles. The van der Waals surface area contributed by atoms with Gasteiger partial charge in [-0.1, -0.05) is 154 Å². The molecular weight excluding hydrogens is 856 g/mol. The van der Waals surface area contributed by atoms with E-state index in [1.165, 1.54) is 27.5 Å². The predicted octanol–water partition coefficient (Wildman–Crippen LogP) is 10.7. The number of hydrogen-bond acceptors (Lipinski definition) is 8. The van der Waals surface area contributed by atoms with Gasteiger partial charge in [0.05, 0.1) is 0 Å². The van der Waals surface area contributed by atoms with Crippen molar-refractivity contribution in [1.29, 1.82) is 0 Å². The van der Waals surface area contributed by atoms with E-state index in [0.29, 0.717) is 5.88 Å². The molecule has 2 aromatic heterocycles. The smallest absolute Gasteiger partial charge is 0.260 e. The van der Waals surface area contributed by atoms with Crippen LogP contribution in [0.15, 0.2) is 140 Å². The summed E-state index contributed by atoms with van der Waals surface area (Å²) in [7, 11) is 0. The van der Waals surface area contributed by atoms with Crippen molar-refractivity contribution >= 4 is 97.8 Å². The van der Waals surface area contributed by atoms with Gasteiger partial charge >= 0.3 is 0 Å². The normalized spacial score (nSPS) is 16.5. The molecule has 0 spiro atoms. The number of hydrogen-bond donors (Lipinski definition) is 0. The van der Waals surface area contributed by atoms with Crippen LogP contribution in [0, 0.1) is 0 Å². The predicted molar refractivity (Wildman–Crippen MR) is 290 cm³/mol. The fraction of sp³-hybridized carbons (Fsp3) is 0.267. The number of aromatic nitrogens is 4. The maximum Gasteiger partial charge on any atom is 0.260 e. The van der Waals surface area contributed by atoms with Gasteiger partial charge in [0.2, 0.25) is 5.88 Å². The summed E-state index contributed by atoms with van der Waals surface area (Å²) < 4.78 is 7.33. The third-order valence-corrected chi connectivity index (χ3v) is 15.7. The standard InChI is InChI=1S/C60H57B2N7O/c1-57(2,3)55-63-51-49-52(64-55)69(38-29-30-39-40(33-38)60(9,10)32-31-59(39,7)8)47-35-48-44(34-43(47)61(49)41-25-17-19-27-45(41)67(51)36-21-13-11-14-22-36)62-42-26-18-20-28-46(42)68(37-23-15-12-16-24-37)53-50(62)54(70-48)66-56(65-53)58(4,5)6/h11-30,33-35H,31-32H2,1-10H3. The van der Waals surface area contributed by atoms with Crippen molar-refractivity contribution in [2.45, 2.75) is 104 Å². The van der Waals surface area contributed by atoms with Gasteiger partial charge in [0, 0.05) is 61.9 Å². The zero-order valence-corrected chi connectivity index (χ0v) is 41.9. The van der Waals surface area contributed by atoms with E-state index < -0.39 is 0 Å². The average molecular weight is 914 g/mol. The SMILES string of the molecule is CC(C)(C)c1nc2c3c(n1)N(c1ccccc1)c1ccccc1B3c1cc3c(cc1O2)N(c1ccc2c(c1)C(C)(C)CCC2(C)C)c1nc(C(C)(C)C)nc2c1B3c1ccccc1N2c1ccccc1. The fourth-order valence-electron chi connectivity index (χ4n) is 11.9. The molecule has 0 saturated heterocycles. The molecule has 70 heavy (non-hydrogen) atoms. The van der Waals surface area contributed by atoms with Crippen LogP contribution in [0.1, 0.15) is 105 Å². The maximum absolute atomic E-state index is 7.33. The Hall–Kier alpha value is -7.19. The van der Waals surface area contributed by atoms with E-state index in [1.807, 2.05) is 0 Å². The Morgan fingerprint density at radius 1 is 0.443 bits per heavy atom. The molecule has 6 aromatic carbocycles. The van der Waals surface area contributed by atoms with E-state index in [-0.39, 0.29) is 35.1 Å². The summed E-state index contributed by atoms with van der Waals surface area (Å²) in [6.07, 6.45) is 2.25. The molecule has 8 aromatic rings. The van der Waals surface area contributed by atoms with Crippen molar-refractivity contribution in [3.63, 3.8) is 0 Å². The number of ether oxygens (including phenoxy) is 1. The first-order valence-electron chi connectivity index (χ1n) is 25.0. The third kappa shape index (κ3) is 6.23. The molecule has 0 radical (unpaired) electrons. The molecule has 0 atom stereocenters. The summed E-state index contributed by atoms with van der Waals surface area (Å²) in [5, 5.41) is 0. The first-order chi connectivity index (χ1) is 33.5. The molecule has 10 heteroatoms. The van der Waals surface area contributed by atoms with Gasteiger partial charge in [0.1, 0.15) is 34.9 Å². The maximum atomic E-state index is 7.33. The minimum Gasteiger partial charge on any atom is -0.440 e. The lowest BCUT2D eigenvalue weighted by molar-refractivity contribution is 0.332. The molecule has 0 N–H and O–H groups in total. The van der Waals surface area contributed by atoms with Gasteiger partial charge in [0.15, 0.2) is 0 Å². The van der Waals surface area contributed by atoms with E-state index in [9.17, 15) is 0 Å². The molecule has 0 unspecified atom stereocenters. The monoisotopic (exact) mass is 913 g/mol. The minimum atomic E-state index is -0.360. The topological polar surface area (TPSA) is 70.5 Å². The van der Waals surface area contributed by atoms with Gasteiger partial charge in [-0.2, -0.15) is 4.98 Å². The highest BCUT2D eigenvalue weighted by atomic mass is 16.5. The lowest BCUT2D eigenvalue weighted by atomic mass is 9.31. The van der Waals surface area contributed by atoms with E-state index in [0.717, 1.165) is 98.2 Å². The van der Waals surface area contributed by atoms with E-state index in [4.69, 9.17) is 24.7 Å². The van der Waals surface area contributed by atoms with Crippen molar-refractivity contribution in [2.24, 2.45) is 0 Å². The molecular formula is C60H57B2N7O. The third-order valence-electron chi connectivity index (χ3n) is 15.7. The molecule has 13 rings (SSSR count). The molecule has 0 bridgehead atoms. The van der Waals surface area contributed by atoms with Crippen LogP contribution in [0.2, 0.25) is 0 Å². The molecule has 0 fully saturated rings. The molecule has 5 aliphatic rings. The fourth-order valence-corrected chi connectivity index (χ4v) is 11.9. The summed E-state index contributed by atoms with van der Waals surface area (Å²) in [5.74, 6) is 5.57. The lowest BCUT2D eigenvalue weighted by Gasteiger charge is -2.45. The number of para-hydroxylation sites is 4. The van der Waals surface area contributed by atoms with Crippen molar-refractivity contribution in [1.82, 2.24) is 19.9 Å². The molecule has 8 nitrogen and oxygen atoms in total. The van der Waals surface area contributed by atoms with Gasteiger partial charge in [-0.05, 0) is 105 Å². The Morgan fingerprint density at radius 2 is 0.914 bits per heavy atom. The van der Waals surface area contributed by atoms with Gasteiger partial charge in [-0.3, -0.25) is 14.7 Å². The highest BCUT2D eigenvalue weighted by Gasteiger charge is 2.50. The van der Waals surface area contributed by atoms with Crippen LogP contribution in [0.4, 0.5) is 51.6 Å². The molecule has 344 valence electrons. The Balaban J connectivity index is 1.13. The Labute approximate surface area is 413 Å². The van der Waals surface area contributed by atoms with E-state index in [1.54, 1.807) is 0 Å². The van der Waals surface area contributed by atoms with Crippen molar-refractivity contribution in [2.75, 3.05) is 14.7 Å². The second kappa shape index (κ2) is 14.7. The molecule has 0 saturated carbocycles. The first-order valence-corrected chi connectivity index (χ1v) is 25.0. The molecule has 1 aliphatic carbocycles. The Kier molecular flexibility index (Phi) is 8.99. The zero-order chi connectivity index (χ0) is 48.2. The minimum absolute atomic E-state index is 0.0143. The average Bonchev–Trinajstić information content (AvgIpc) is 3.34. The summed E-state index contributed by atoms with van der Waals surface area (Å²) in [6, 6.07) is 51.0. The zero-order valence-electron chi connectivity index (χ0n) is 41.9. The van der Waals surface area contributed by atoms with E-state index >= 15 is 0 Å². The number of anilines is 9. The number of fused-ring (bicyclic) bond motifs is 9. The molecule has 0 amide bonds. The van der Waals surface area contributed by atoms with Gasteiger partial charge in [0.25, 0.3) is 13.4 Å². The van der Waals surface area contributed by atoms with Crippen LogP contribution in [0.5, 0.6) is 11.6 Å². The van der Waals surface area contributed by atoms with Crippen LogP contribution in [0.3, 0.4) is 0 Å². The lowest BCUT2D eigenvalue weighted by Crippen LogP contribution is -2.65. The quantitative estimate of drug-likeness (QED) is 0.162. The number of rotatable bonds is 3. The summed E-state index contributed by atoms with van der Waals surface area (Å²) >= 11 is 0. The highest BCUT2D eigenvalue weighted by Crippen LogP contribution is 2.50. The van der Waals surface area contributed by atoms with Crippen molar-refractivity contribution < 1.29 is 4.74 Å². The van der Waals surface area contributed by atoms with Gasteiger partial charge < -0.3 is 4.74 Å². The van der Waals surface area contributed by atoms with Gasteiger partial charge in [-0.15, -0.1) is 0 Å². The largest absolute Gasteiger partial charge is 0.440 e. The Morgan fingerprint density at radius 3 is 1.47 bits per heavy atom. The van der Waals surface area contributed by atoms with Crippen LogP contribution < -0.4 is 52.2 Å². The number of nitrogens with zero attached hydrogens (tertiary/aromatic N) is 7. The second-order valence-electron chi connectivity index (χ2n) is 23.4. The van der Waals surface area contributed by atoms with Crippen LogP contribution in [-0.2, 0) is 21.7 Å². The van der Waals surface area contributed by atoms with E-state index in [2.05, 4.69) is 223 Å². The number of benzene rings is 6. The van der Waals surface area contributed by atoms with Crippen LogP contribution in [0.25, 0.3) is 0 Å². The van der Waals surface area contributed by atoms with Gasteiger partial charge in [-0.25, -0.2) is 15.0 Å². The van der Waals surface area contributed by atoms with Crippen LogP contribution >= 0.6 is 0 Å². The second-order valence-corrected chi connectivity index (χ2v) is 23.4. The Bertz CT molecular complexity index is 3490. The summed E-state index contributed by atoms with van der Waals surface area (Å²) in [4.78, 5) is 29.3. The van der Waals surface area contributed by atoms with Crippen LogP contribution in [-0.4, -0.2) is 33.4 Å². The summed E-state index contributed by atoms with van der Waals surface area (Å²) in [5.41, 5.74) is 15.3. The summed E-state index contributed by atoms with van der Waals surface area (Å²) in [6.45, 7) is 22.4. The van der Waals surface area contributed by atoms with Crippen molar-refractivity contribution in [3.05, 3.63) is 162 Å². The molecule has 6 heterocycles. The first kappa shape index (κ1) is 42.9.